The number of nitrogens with zero attached hydrogens (tertiary/aromatic N) is 2. The zero-order valence-electron chi connectivity index (χ0n) is 23.5. The lowest BCUT2D eigenvalue weighted by Crippen LogP contribution is -2.57. The molecule has 43 heavy (non-hydrogen) atoms. The summed E-state index contributed by atoms with van der Waals surface area (Å²) in [4.78, 5) is 64.3. The van der Waals surface area contributed by atoms with Crippen molar-refractivity contribution in [2.24, 2.45) is 5.73 Å². The molecule has 1 aliphatic rings. The molecule has 0 radical (unpaired) electrons. The van der Waals surface area contributed by atoms with E-state index in [0.29, 0.717) is 5.56 Å². The number of benzene rings is 3. The number of fused-ring (bicyclic) bond motifs is 1. The fourth-order valence-corrected chi connectivity index (χ4v) is 5.04. The maximum atomic E-state index is 13.8. The molecule has 0 aromatic heterocycles. The Morgan fingerprint density at radius 2 is 1.63 bits per heavy atom. The molecule has 0 saturated heterocycles. The van der Waals surface area contributed by atoms with E-state index in [1.54, 1.807) is 6.92 Å². The lowest BCUT2D eigenvalue weighted by Gasteiger charge is -2.36. The molecule has 12 nitrogen and oxygen atoms in total. The summed E-state index contributed by atoms with van der Waals surface area (Å²) >= 11 is 0. The van der Waals surface area contributed by atoms with E-state index in [2.05, 4.69) is 5.32 Å². The molecule has 0 unspecified atom stereocenters. The highest BCUT2D eigenvalue weighted by atomic mass is 16.6. The second kappa shape index (κ2) is 14.1. The molecule has 3 atom stereocenters. The minimum absolute atomic E-state index is 0.00215. The smallest absolute Gasteiger partial charge is 0.411 e. The Morgan fingerprint density at radius 1 is 0.977 bits per heavy atom. The summed E-state index contributed by atoms with van der Waals surface area (Å²) in [6.45, 7) is 1.80. The first-order chi connectivity index (χ1) is 20.7. The van der Waals surface area contributed by atoms with Gasteiger partial charge >= 0.3 is 12.1 Å². The third-order valence-electron chi connectivity index (χ3n) is 7.22. The van der Waals surface area contributed by atoms with Crippen LogP contribution in [0.25, 0.3) is 0 Å². The van der Waals surface area contributed by atoms with E-state index in [-0.39, 0.29) is 38.3 Å². The minimum atomic E-state index is -1.40. The van der Waals surface area contributed by atoms with Gasteiger partial charge in [0, 0.05) is 24.5 Å². The molecule has 4 rings (SSSR count). The third-order valence-corrected chi connectivity index (χ3v) is 7.22. The van der Waals surface area contributed by atoms with Crippen LogP contribution in [0.1, 0.15) is 41.5 Å². The molecule has 0 bridgehead atoms. The van der Waals surface area contributed by atoms with Gasteiger partial charge in [-0.3, -0.25) is 29.4 Å². The normalized spacial score (nSPS) is 15.4. The number of hydrogen-bond donors (Lipinski definition) is 2. The van der Waals surface area contributed by atoms with Crippen molar-refractivity contribution >= 4 is 29.6 Å². The standard InChI is InChI=1S/C31H32N4O8/c1-2-42-27(36)17-25(21-12-14-24(15-13-21)35(40)41)28(29(32)37)33-30(38)26-16-22-10-6-7-11-23(22)18-34(26)31(39)43-19-20-8-4-3-5-9-20/h3-15,25-26,28H,2,16-19H2,1H3,(H2,32,37)(H,33,38)/t25-,26-,28+/m0/s1. The number of carbonyl (C=O) groups is 4. The second-order valence-electron chi connectivity index (χ2n) is 10.0. The van der Waals surface area contributed by atoms with Crippen LogP contribution >= 0.6 is 0 Å². The lowest BCUT2D eigenvalue weighted by molar-refractivity contribution is -0.384. The van der Waals surface area contributed by atoms with Gasteiger partial charge in [-0.25, -0.2) is 4.79 Å². The van der Waals surface area contributed by atoms with Gasteiger partial charge in [0.05, 0.1) is 24.5 Å². The quantitative estimate of drug-likeness (QED) is 0.195. The van der Waals surface area contributed by atoms with E-state index in [1.165, 1.54) is 29.2 Å². The molecule has 0 spiro atoms. The van der Waals surface area contributed by atoms with Crippen LogP contribution in [-0.2, 0) is 43.4 Å². The Hall–Kier alpha value is -5.26. The van der Waals surface area contributed by atoms with Gasteiger partial charge in [0.1, 0.15) is 18.7 Å². The summed E-state index contributed by atoms with van der Waals surface area (Å²) in [5.41, 5.74) is 8.38. The molecule has 0 aliphatic carbocycles. The van der Waals surface area contributed by atoms with Gasteiger partial charge < -0.3 is 20.5 Å². The molecule has 224 valence electrons. The van der Waals surface area contributed by atoms with Crippen LogP contribution in [0, 0.1) is 10.1 Å². The summed E-state index contributed by atoms with van der Waals surface area (Å²) in [5, 5.41) is 13.8. The number of nitro benzene ring substituents is 1. The third kappa shape index (κ3) is 7.73. The van der Waals surface area contributed by atoms with E-state index >= 15 is 0 Å². The van der Waals surface area contributed by atoms with Gasteiger partial charge in [0.2, 0.25) is 11.8 Å². The van der Waals surface area contributed by atoms with Gasteiger partial charge in [-0.05, 0) is 29.2 Å². The Balaban J connectivity index is 1.61. The average Bonchev–Trinajstić information content (AvgIpc) is 3.01. The van der Waals surface area contributed by atoms with Crippen molar-refractivity contribution in [3.63, 3.8) is 0 Å². The number of primary amides is 1. The molecule has 3 amide bonds. The number of non-ortho nitro benzene ring substituents is 1. The second-order valence-corrected chi connectivity index (χ2v) is 10.0. The van der Waals surface area contributed by atoms with Crippen LogP contribution in [0.15, 0.2) is 78.9 Å². The van der Waals surface area contributed by atoms with E-state index in [9.17, 15) is 29.3 Å². The molecular formula is C31H32N4O8. The highest BCUT2D eigenvalue weighted by Gasteiger charge is 2.39. The fourth-order valence-electron chi connectivity index (χ4n) is 5.04. The summed E-state index contributed by atoms with van der Waals surface area (Å²) in [6, 6.07) is 19.3. The van der Waals surface area contributed by atoms with Crippen LogP contribution in [-0.4, -0.2) is 52.4 Å². The first kappa shape index (κ1) is 30.7. The lowest BCUT2D eigenvalue weighted by atomic mass is 9.87. The number of hydrogen-bond acceptors (Lipinski definition) is 8. The number of nitro groups is 1. The number of rotatable bonds is 11. The molecule has 1 heterocycles. The van der Waals surface area contributed by atoms with Crippen molar-refractivity contribution < 1.29 is 33.6 Å². The molecule has 3 aromatic rings. The summed E-state index contributed by atoms with van der Waals surface area (Å²) < 4.78 is 10.6. The molecular weight excluding hydrogens is 556 g/mol. The first-order valence-electron chi connectivity index (χ1n) is 13.7. The molecule has 0 saturated carbocycles. The average molecular weight is 589 g/mol. The van der Waals surface area contributed by atoms with E-state index in [4.69, 9.17) is 15.2 Å². The van der Waals surface area contributed by atoms with Crippen LogP contribution in [0.4, 0.5) is 10.5 Å². The number of nitrogens with two attached hydrogens (primary N) is 1. The molecule has 3 aromatic carbocycles. The van der Waals surface area contributed by atoms with Crippen LogP contribution in [0.5, 0.6) is 0 Å². The summed E-state index contributed by atoms with van der Waals surface area (Å²) in [7, 11) is 0. The van der Waals surface area contributed by atoms with Crippen molar-refractivity contribution in [2.45, 2.75) is 50.9 Å². The fraction of sp³-hybridized carbons (Fsp3) is 0.290. The first-order valence-corrected chi connectivity index (χ1v) is 13.7. The van der Waals surface area contributed by atoms with Crippen LogP contribution in [0.3, 0.4) is 0 Å². The minimum Gasteiger partial charge on any atom is -0.466 e. The summed E-state index contributed by atoms with van der Waals surface area (Å²) in [6.07, 6.45) is -0.906. The highest BCUT2D eigenvalue weighted by Crippen LogP contribution is 2.29. The number of nitrogens with one attached hydrogen (secondary N) is 1. The predicted molar refractivity (Wildman–Crippen MR) is 154 cm³/mol. The Morgan fingerprint density at radius 3 is 2.26 bits per heavy atom. The Bertz CT molecular complexity index is 1480. The zero-order chi connectivity index (χ0) is 30.9. The van der Waals surface area contributed by atoms with Crippen molar-refractivity contribution in [2.75, 3.05) is 6.61 Å². The van der Waals surface area contributed by atoms with Gasteiger partial charge in [0.25, 0.3) is 5.69 Å². The predicted octanol–water partition coefficient (Wildman–Crippen LogP) is 3.37. The van der Waals surface area contributed by atoms with Crippen molar-refractivity contribution in [3.05, 3.63) is 111 Å². The number of esters is 1. The van der Waals surface area contributed by atoms with Gasteiger partial charge in [-0.1, -0.05) is 66.7 Å². The highest BCUT2D eigenvalue weighted by molar-refractivity contribution is 5.92. The maximum absolute atomic E-state index is 13.8. The summed E-state index contributed by atoms with van der Waals surface area (Å²) in [5.74, 6) is -3.26. The SMILES string of the molecule is CCOC(=O)C[C@@H](c1ccc([N+](=O)[O-])cc1)[C@@H](NC(=O)[C@@H]1Cc2ccccc2CN1C(=O)OCc1ccccc1)C(N)=O. The molecule has 0 fully saturated rings. The maximum Gasteiger partial charge on any atom is 0.411 e. The van der Waals surface area contributed by atoms with Crippen LogP contribution < -0.4 is 11.1 Å². The Kier molecular flexibility index (Phi) is 10.0. The van der Waals surface area contributed by atoms with Gasteiger partial charge in [0.15, 0.2) is 0 Å². The van der Waals surface area contributed by atoms with Gasteiger partial charge in [-0.2, -0.15) is 0 Å². The Labute approximate surface area is 247 Å². The number of carbonyl (C=O) groups excluding carboxylic acids is 4. The largest absolute Gasteiger partial charge is 0.466 e. The van der Waals surface area contributed by atoms with Crippen molar-refractivity contribution in [1.29, 1.82) is 0 Å². The van der Waals surface area contributed by atoms with E-state index in [1.807, 2.05) is 54.6 Å². The van der Waals surface area contributed by atoms with Crippen LogP contribution in [0.2, 0.25) is 0 Å². The topological polar surface area (TPSA) is 171 Å². The molecule has 1 aliphatic heterocycles. The molecule has 12 heteroatoms. The molecule has 3 N–H and O–H groups in total. The van der Waals surface area contributed by atoms with Crippen molar-refractivity contribution in [1.82, 2.24) is 10.2 Å². The van der Waals surface area contributed by atoms with E-state index in [0.717, 1.165) is 16.7 Å². The van der Waals surface area contributed by atoms with Crippen molar-refractivity contribution in [3.8, 4) is 0 Å². The monoisotopic (exact) mass is 588 g/mol. The van der Waals surface area contributed by atoms with Gasteiger partial charge in [-0.15, -0.1) is 0 Å². The zero-order valence-corrected chi connectivity index (χ0v) is 23.5. The number of ether oxygens (including phenoxy) is 2. The van der Waals surface area contributed by atoms with E-state index < -0.39 is 46.8 Å². The number of amides is 3.